The zero-order valence-corrected chi connectivity index (χ0v) is 13.7. The van der Waals surface area contributed by atoms with Gasteiger partial charge in [-0.1, -0.05) is 11.6 Å². The second kappa shape index (κ2) is 6.41. The van der Waals surface area contributed by atoms with Gasteiger partial charge >= 0.3 is 0 Å². The van der Waals surface area contributed by atoms with Crippen LogP contribution in [-0.4, -0.2) is 18.8 Å². The van der Waals surface area contributed by atoms with Gasteiger partial charge in [-0.2, -0.15) is 4.57 Å². The highest BCUT2D eigenvalue weighted by Gasteiger charge is 2.13. The minimum atomic E-state index is 0. The average molecular weight is 348 g/mol. The van der Waals surface area contributed by atoms with Crippen LogP contribution < -0.4 is 26.3 Å². The highest BCUT2D eigenvalue weighted by molar-refractivity contribution is 6.04. The lowest BCUT2D eigenvalue weighted by Crippen LogP contribution is -3.00. The number of halogens is 1. The lowest BCUT2D eigenvalue weighted by atomic mass is 10.0. The third-order valence-electron chi connectivity index (χ3n) is 3.65. The van der Waals surface area contributed by atoms with Gasteiger partial charge in [0.05, 0.1) is 17.9 Å². The molecule has 0 atom stereocenters. The number of aromatic nitrogens is 1. The van der Waals surface area contributed by atoms with Crippen LogP contribution in [0.15, 0.2) is 42.6 Å². The Hall–Kier alpha value is -1.65. The van der Waals surface area contributed by atoms with Gasteiger partial charge in [0.1, 0.15) is 12.4 Å². The number of nitrogens with zero attached hydrogens (tertiary/aromatic N) is 1. The van der Waals surface area contributed by atoms with Crippen molar-refractivity contribution in [2.75, 3.05) is 13.7 Å². The smallest absolute Gasteiger partial charge is 0.213 e. The summed E-state index contributed by atoms with van der Waals surface area (Å²) in [6, 6.07) is 12.5. The van der Waals surface area contributed by atoms with Crippen molar-refractivity contribution in [2.45, 2.75) is 13.5 Å². The molecule has 0 fully saturated rings. The fourth-order valence-corrected chi connectivity index (χ4v) is 2.67. The van der Waals surface area contributed by atoms with Gasteiger partial charge in [-0.3, -0.25) is 0 Å². The number of rotatable bonds is 3. The first-order chi connectivity index (χ1) is 9.72. The maximum Gasteiger partial charge on any atom is 0.213 e. The predicted molar refractivity (Wildman–Crippen MR) is 80.0 cm³/mol. The van der Waals surface area contributed by atoms with E-state index in [1.807, 2.05) is 12.1 Å². The molecule has 1 N–H and O–H groups in total. The molecule has 3 nitrogen and oxygen atoms in total. The maximum atomic E-state index is 9.26. The summed E-state index contributed by atoms with van der Waals surface area (Å²) in [7, 11) is 1.67. The Labute approximate surface area is 134 Å². The van der Waals surface area contributed by atoms with Crippen LogP contribution in [0.3, 0.4) is 0 Å². The molecule has 0 aliphatic carbocycles. The molecule has 0 bridgehead atoms. The number of pyridine rings is 1. The summed E-state index contributed by atoms with van der Waals surface area (Å²) in [6.07, 6.45) is 2.08. The second-order valence-electron chi connectivity index (χ2n) is 5.02. The molecule has 0 aliphatic rings. The Kier molecular flexibility index (Phi) is 4.80. The van der Waals surface area contributed by atoms with E-state index >= 15 is 0 Å². The van der Waals surface area contributed by atoms with Gasteiger partial charge < -0.3 is 26.8 Å². The van der Waals surface area contributed by atoms with Gasteiger partial charge in [-0.25, -0.2) is 0 Å². The molecule has 2 aromatic carbocycles. The Balaban J connectivity index is 0.00000161. The first-order valence-electron chi connectivity index (χ1n) is 6.74. The number of methoxy groups -OCH3 is 1. The second-order valence-corrected chi connectivity index (χ2v) is 5.02. The average Bonchev–Trinajstić information content (AvgIpc) is 2.46. The molecule has 3 aromatic rings. The molecule has 1 aromatic heterocycles. The molecular weight excluding hydrogens is 330 g/mol. The van der Waals surface area contributed by atoms with Crippen molar-refractivity contribution in [1.82, 2.24) is 0 Å². The lowest BCUT2D eigenvalue weighted by molar-refractivity contribution is -0.671. The van der Waals surface area contributed by atoms with Crippen molar-refractivity contribution >= 4 is 21.7 Å². The largest absolute Gasteiger partial charge is 1.00 e. The first kappa shape index (κ1) is 15.7. The van der Waals surface area contributed by atoms with Gasteiger partial charge in [-0.15, -0.1) is 0 Å². The standard InChI is InChI=1S/C17H18NO2.BrH/c1-12-3-6-17-16(9-12)15-5-4-14(20-2)10-13(15)11-18(17)7-8-19;/h3-6,9-11,19H,7-8H2,1-2H3;1H/q+1;/p-1. The fraction of sp³-hybridized carbons (Fsp3) is 0.235. The quantitative estimate of drug-likeness (QED) is 0.516. The molecule has 21 heavy (non-hydrogen) atoms. The Morgan fingerprint density at radius 1 is 1.10 bits per heavy atom. The topological polar surface area (TPSA) is 33.3 Å². The number of fused-ring (bicyclic) bond motifs is 3. The van der Waals surface area contributed by atoms with Crippen LogP contribution in [0.25, 0.3) is 21.7 Å². The maximum absolute atomic E-state index is 9.26. The van der Waals surface area contributed by atoms with Crippen LogP contribution in [-0.2, 0) is 6.54 Å². The summed E-state index contributed by atoms with van der Waals surface area (Å²) in [5, 5.41) is 12.8. The van der Waals surface area contributed by atoms with E-state index in [0.717, 1.165) is 16.7 Å². The van der Waals surface area contributed by atoms with Crippen LogP contribution in [0.4, 0.5) is 0 Å². The van der Waals surface area contributed by atoms with Crippen LogP contribution >= 0.6 is 0 Å². The van der Waals surface area contributed by atoms with Crippen LogP contribution in [0.1, 0.15) is 5.56 Å². The van der Waals surface area contributed by atoms with Gasteiger partial charge in [0.25, 0.3) is 0 Å². The Morgan fingerprint density at radius 2 is 1.90 bits per heavy atom. The molecule has 4 heteroatoms. The lowest BCUT2D eigenvalue weighted by Gasteiger charge is -2.07. The van der Waals surface area contributed by atoms with Crippen molar-refractivity contribution in [2.24, 2.45) is 0 Å². The summed E-state index contributed by atoms with van der Waals surface area (Å²) >= 11 is 0. The SMILES string of the molecule is COc1ccc2c(c1)c[n+](CCO)c1ccc(C)cc21.[Br-]. The minimum Gasteiger partial charge on any atom is -1.00 e. The van der Waals surface area contributed by atoms with E-state index in [2.05, 4.69) is 42.0 Å². The number of benzene rings is 2. The van der Waals surface area contributed by atoms with Gasteiger partial charge in [0, 0.05) is 11.5 Å². The van der Waals surface area contributed by atoms with Gasteiger partial charge in [0.2, 0.25) is 5.52 Å². The summed E-state index contributed by atoms with van der Waals surface area (Å²) < 4.78 is 7.39. The number of hydrogen-bond acceptors (Lipinski definition) is 2. The number of aliphatic hydroxyl groups is 1. The van der Waals surface area contributed by atoms with E-state index in [1.165, 1.54) is 16.3 Å². The van der Waals surface area contributed by atoms with Crippen molar-refractivity contribution < 1.29 is 31.4 Å². The van der Waals surface area contributed by atoms with E-state index in [-0.39, 0.29) is 23.6 Å². The van der Waals surface area contributed by atoms with E-state index in [9.17, 15) is 5.11 Å². The molecule has 110 valence electrons. The third kappa shape index (κ3) is 2.87. The predicted octanol–water partition coefficient (Wildman–Crippen LogP) is -0.406. The zero-order chi connectivity index (χ0) is 14.1. The molecule has 0 radical (unpaired) electrons. The molecule has 0 aliphatic heterocycles. The molecule has 0 saturated carbocycles. The number of aliphatic hydroxyl groups excluding tert-OH is 1. The van der Waals surface area contributed by atoms with E-state index < -0.39 is 0 Å². The van der Waals surface area contributed by atoms with E-state index in [0.29, 0.717) is 6.54 Å². The molecule has 3 rings (SSSR count). The molecule has 0 saturated heterocycles. The Bertz CT molecular complexity index is 786. The van der Waals surface area contributed by atoms with Crippen molar-refractivity contribution in [3.8, 4) is 5.75 Å². The van der Waals surface area contributed by atoms with Crippen molar-refractivity contribution in [3.63, 3.8) is 0 Å². The monoisotopic (exact) mass is 347 g/mol. The zero-order valence-electron chi connectivity index (χ0n) is 12.1. The summed E-state index contributed by atoms with van der Waals surface area (Å²) in [4.78, 5) is 0. The van der Waals surface area contributed by atoms with Crippen molar-refractivity contribution in [1.29, 1.82) is 0 Å². The number of hydrogen-bond donors (Lipinski definition) is 1. The summed E-state index contributed by atoms with van der Waals surface area (Å²) in [5.41, 5.74) is 2.37. The highest BCUT2D eigenvalue weighted by Crippen LogP contribution is 2.26. The summed E-state index contributed by atoms with van der Waals surface area (Å²) in [5.74, 6) is 0.847. The third-order valence-corrected chi connectivity index (χ3v) is 3.65. The van der Waals surface area contributed by atoms with Crippen LogP contribution in [0, 0.1) is 6.92 Å². The molecule has 0 spiro atoms. The summed E-state index contributed by atoms with van der Waals surface area (Å²) in [6.45, 7) is 2.81. The van der Waals surface area contributed by atoms with E-state index in [4.69, 9.17) is 4.74 Å². The van der Waals surface area contributed by atoms with Gasteiger partial charge in [0.15, 0.2) is 12.7 Å². The fourth-order valence-electron chi connectivity index (χ4n) is 2.67. The van der Waals surface area contributed by atoms with Crippen molar-refractivity contribution in [3.05, 3.63) is 48.2 Å². The molecule has 1 heterocycles. The van der Waals surface area contributed by atoms with E-state index in [1.54, 1.807) is 7.11 Å². The number of aryl methyl sites for hydroxylation is 1. The molecule has 0 unspecified atom stereocenters. The Morgan fingerprint density at radius 3 is 2.62 bits per heavy atom. The highest BCUT2D eigenvalue weighted by atomic mass is 79.9. The first-order valence-corrected chi connectivity index (χ1v) is 6.74. The van der Waals surface area contributed by atoms with Crippen LogP contribution in [0.5, 0.6) is 5.75 Å². The minimum absolute atomic E-state index is 0. The molecular formula is C17H18BrNO2. The van der Waals surface area contributed by atoms with Crippen LogP contribution in [0.2, 0.25) is 0 Å². The normalized spacial score (nSPS) is 10.6. The number of ether oxygens (including phenoxy) is 1. The molecule has 0 amide bonds. The van der Waals surface area contributed by atoms with Gasteiger partial charge in [-0.05, 0) is 31.2 Å².